The van der Waals surface area contributed by atoms with Gasteiger partial charge in [-0.25, -0.2) is 4.98 Å². The van der Waals surface area contributed by atoms with Gasteiger partial charge in [-0.05, 0) is 49.2 Å². The van der Waals surface area contributed by atoms with Gasteiger partial charge in [-0.1, -0.05) is 60.1 Å². The van der Waals surface area contributed by atoms with Crippen molar-refractivity contribution in [3.63, 3.8) is 0 Å². The minimum Gasteiger partial charge on any atom is -0.349 e. The number of nitrogens with zero attached hydrogens (tertiary/aromatic N) is 2. The summed E-state index contributed by atoms with van der Waals surface area (Å²) in [4.78, 5) is 32.7. The van der Waals surface area contributed by atoms with Gasteiger partial charge < -0.3 is 10.2 Å². The molecular formula is C28H24ClN3O2. The molecule has 0 unspecified atom stereocenters. The number of hydrogen-bond donors (Lipinski definition) is 1. The fraction of sp³-hybridized carbons (Fsp3) is 0.179. The number of nitrogens with one attached hydrogen (secondary N) is 1. The van der Waals surface area contributed by atoms with Crippen molar-refractivity contribution in [3.8, 4) is 11.3 Å². The largest absolute Gasteiger partial charge is 0.349 e. The van der Waals surface area contributed by atoms with Crippen LogP contribution in [0.4, 0.5) is 0 Å². The highest BCUT2D eigenvalue weighted by Crippen LogP contribution is 2.27. The Hall–Kier alpha value is -3.70. The molecule has 3 aromatic carbocycles. The zero-order valence-corrected chi connectivity index (χ0v) is 19.3. The molecule has 5 nitrogen and oxygen atoms in total. The Bertz CT molecular complexity index is 1330. The molecular weight excluding hydrogens is 446 g/mol. The number of piperidine rings is 1. The zero-order valence-electron chi connectivity index (χ0n) is 18.6. The van der Waals surface area contributed by atoms with Gasteiger partial charge in [-0.2, -0.15) is 0 Å². The molecule has 1 fully saturated rings. The van der Waals surface area contributed by atoms with Crippen LogP contribution < -0.4 is 5.32 Å². The molecule has 5 rings (SSSR count). The molecule has 4 aromatic rings. The third-order valence-electron chi connectivity index (χ3n) is 6.24. The Kier molecular flexibility index (Phi) is 6.28. The Balaban J connectivity index is 1.34. The van der Waals surface area contributed by atoms with Crippen LogP contribution in [0.5, 0.6) is 0 Å². The van der Waals surface area contributed by atoms with Gasteiger partial charge >= 0.3 is 0 Å². The topological polar surface area (TPSA) is 62.3 Å². The molecule has 0 spiro atoms. The van der Waals surface area contributed by atoms with E-state index in [1.165, 1.54) is 0 Å². The molecule has 170 valence electrons. The van der Waals surface area contributed by atoms with Crippen LogP contribution >= 0.6 is 11.6 Å². The molecule has 0 bridgehead atoms. The second-order valence-corrected chi connectivity index (χ2v) is 8.92. The molecule has 1 aromatic heterocycles. The number of benzene rings is 3. The number of para-hydroxylation sites is 1. The second kappa shape index (κ2) is 9.65. The van der Waals surface area contributed by atoms with E-state index in [1.54, 1.807) is 12.1 Å². The number of likely N-dealkylation sites (tertiary alicyclic amines) is 1. The first-order valence-electron chi connectivity index (χ1n) is 11.4. The first-order valence-corrected chi connectivity index (χ1v) is 11.8. The number of halogens is 1. The maximum absolute atomic E-state index is 13.6. The van der Waals surface area contributed by atoms with E-state index in [0.29, 0.717) is 29.2 Å². The number of carbonyl (C=O) groups excluding carboxylic acids is 2. The summed E-state index contributed by atoms with van der Waals surface area (Å²) in [6, 6.07) is 26.3. The van der Waals surface area contributed by atoms with Crippen LogP contribution in [0.25, 0.3) is 22.2 Å². The predicted molar refractivity (Wildman–Crippen MR) is 135 cm³/mol. The van der Waals surface area contributed by atoms with Crippen LogP contribution in [0.1, 0.15) is 33.6 Å². The lowest BCUT2D eigenvalue weighted by Crippen LogP contribution is -2.46. The standard InChI is InChI=1S/C28H24ClN3O2/c29-21-12-10-19(11-13-21)26-18-24(23-8-4-5-9-25(23)31-26)28(34)32-16-14-22(15-17-32)30-27(33)20-6-2-1-3-7-20/h1-13,18,22H,14-17H2,(H,30,33). The average molecular weight is 470 g/mol. The van der Waals surface area contributed by atoms with Gasteiger partial charge in [0, 0.05) is 40.7 Å². The minimum absolute atomic E-state index is 0.0124. The van der Waals surface area contributed by atoms with Gasteiger partial charge in [0.2, 0.25) is 0 Å². The quantitative estimate of drug-likeness (QED) is 0.423. The summed E-state index contributed by atoms with van der Waals surface area (Å²) in [6.45, 7) is 1.18. The lowest BCUT2D eigenvalue weighted by atomic mass is 10.00. The minimum atomic E-state index is -0.0712. The summed E-state index contributed by atoms with van der Waals surface area (Å²) in [7, 11) is 0. The van der Waals surface area contributed by atoms with Gasteiger partial charge in [0.25, 0.3) is 11.8 Å². The first kappa shape index (κ1) is 22.1. The van der Waals surface area contributed by atoms with E-state index in [2.05, 4.69) is 5.32 Å². The Morgan fingerprint density at radius 3 is 2.29 bits per heavy atom. The second-order valence-electron chi connectivity index (χ2n) is 8.49. The molecule has 1 aliphatic rings. The highest BCUT2D eigenvalue weighted by Gasteiger charge is 2.26. The Morgan fingerprint density at radius 2 is 1.56 bits per heavy atom. The fourth-order valence-corrected chi connectivity index (χ4v) is 4.50. The summed E-state index contributed by atoms with van der Waals surface area (Å²) < 4.78 is 0. The van der Waals surface area contributed by atoms with Crippen LogP contribution in [-0.2, 0) is 0 Å². The summed E-state index contributed by atoms with van der Waals surface area (Å²) in [5.41, 5.74) is 3.72. The number of carbonyl (C=O) groups is 2. The summed E-state index contributed by atoms with van der Waals surface area (Å²) in [5.74, 6) is -0.0836. The Morgan fingerprint density at radius 1 is 0.882 bits per heavy atom. The maximum Gasteiger partial charge on any atom is 0.254 e. The van der Waals surface area contributed by atoms with Gasteiger partial charge in [0.15, 0.2) is 0 Å². The van der Waals surface area contributed by atoms with Crippen molar-refractivity contribution >= 4 is 34.3 Å². The lowest BCUT2D eigenvalue weighted by molar-refractivity contribution is 0.0700. The number of amides is 2. The lowest BCUT2D eigenvalue weighted by Gasteiger charge is -2.32. The molecule has 1 aliphatic heterocycles. The summed E-state index contributed by atoms with van der Waals surface area (Å²) in [6.07, 6.45) is 1.44. The van der Waals surface area contributed by atoms with Crippen LogP contribution in [-0.4, -0.2) is 40.8 Å². The molecule has 0 aliphatic carbocycles. The molecule has 1 saturated heterocycles. The van der Waals surface area contributed by atoms with Crippen molar-refractivity contribution in [3.05, 3.63) is 101 Å². The number of fused-ring (bicyclic) bond motifs is 1. The van der Waals surface area contributed by atoms with E-state index < -0.39 is 0 Å². The van der Waals surface area contributed by atoms with Crippen molar-refractivity contribution in [1.29, 1.82) is 0 Å². The number of rotatable bonds is 4. The van der Waals surface area contributed by atoms with Crippen molar-refractivity contribution in [2.45, 2.75) is 18.9 Å². The van der Waals surface area contributed by atoms with Crippen LogP contribution in [0.2, 0.25) is 5.02 Å². The van der Waals surface area contributed by atoms with Crippen molar-refractivity contribution in [2.75, 3.05) is 13.1 Å². The third kappa shape index (κ3) is 4.66. The number of hydrogen-bond acceptors (Lipinski definition) is 3. The van der Waals surface area contributed by atoms with Crippen molar-refractivity contribution in [2.24, 2.45) is 0 Å². The summed E-state index contributed by atoms with van der Waals surface area (Å²) >= 11 is 6.05. The summed E-state index contributed by atoms with van der Waals surface area (Å²) in [5, 5.41) is 4.59. The zero-order chi connectivity index (χ0) is 23.5. The molecule has 0 saturated carbocycles. The monoisotopic (exact) mass is 469 g/mol. The van der Waals surface area contributed by atoms with Crippen LogP contribution in [0.15, 0.2) is 84.9 Å². The Labute approximate surface area is 203 Å². The normalized spacial score (nSPS) is 14.2. The molecule has 34 heavy (non-hydrogen) atoms. The third-order valence-corrected chi connectivity index (χ3v) is 6.49. The SMILES string of the molecule is O=C(NC1CCN(C(=O)c2cc(-c3ccc(Cl)cc3)nc3ccccc23)CC1)c1ccccc1. The molecule has 6 heteroatoms. The number of aromatic nitrogens is 1. The maximum atomic E-state index is 13.6. The van der Waals surface area contributed by atoms with E-state index in [9.17, 15) is 9.59 Å². The van der Waals surface area contributed by atoms with E-state index in [-0.39, 0.29) is 17.9 Å². The highest BCUT2D eigenvalue weighted by molar-refractivity contribution is 6.30. The average Bonchev–Trinajstić information content (AvgIpc) is 2.89. The van der Waals surface area contributed by atoms with Crippen molar-refractivity contribution < 1.29 is 9.59 Å². The van der Waals surface area contributed by atoms with E-state index in [1.807, 2.05) is 77.7 Å². The smallest absolute Gasteiger partial charge is 0.254 e. The van der Waals surface area contributed by atoms with Gasteiger partial charge in [0.05, 0.1) is 16.8 Å². The molecule has 0 radical (unpaired) electrons. The van der Waals surface area contributed by atoms with Crippen LogP contribution in [0.3, 0.4) is 0 Å². The van der Waals surface area contributed by atoms with Gasteiger partial charge in [-0.3, -0.25) is 9.59 Å². The van der Waals surface area contributed by atoms with E-state index in [4.69, 9.17) is 16.6 Å². The van der Waals surface area contributed by atoms with Gasteiger partial charge in [0.1, 0.15) is 0 Å². The molecule has 2 heterocycles. The van der Waals surface area contributed by atoms with Gasteiger partial charge in [-0.15, -0.1) is 0 Å². The molecule has 2 amide bonds. The van der Waals surface area contributed by atoms with E-state index in [0.717, 1.165) is 35.0 Å². The number of pyridine rings is 1. The van der Waals surface area contributed by atoms with E-state index >= 15 is 0 Å². The fourth-order valence-electron chi connectivity index (χ4n) is 4.38. The van der Waals surface area contributed by atoms with Crippen molar-refractivity contribution in [1.82, 2.24) is 15.2 Å². The highest BCUT2D eigenvalue weighted by atomic mass is 35.5. The van der Waals surface area contributed by atoms with Crippen LogP contribution in [0, 0.1) is 0 Å². The molecule has 0 atom stereocenters. The predicted octanol–water partition coefficient (Wildman–Crippen LogP) is 5.59. The molecule has 1 N–H and O–H groups in total. The first-order chi connectivity index (χ1) is 16.6.